The first-order chi connectivity index (χ1) is 22.8. The molecule has 44 heavy (non-hydrogen) atoms. The monoisotopic (exact) mass is 798 g/mol. The van der Waals surface area contributed by atoms with Crippen molar-refractivity contribution in [3.63, 3.8) is 0 Å². The Labute approximate surface area is 290 Å². The van der Waals surface area contributed by atoms with Crippen molar-refractivity contribution in [2.45, 2.75) is 66.5 Å². The second kappa shape index (κ2) is 14.4. The molecule has 0 aliphatic rings. The molecule has 6 rings (SSSR count). The van der Waals surface area contributed by atoms with Crippen molar-refractivity contribution in [2.24, 2.45) is 5.92 Å². The van der Waals surface area contributed by atoms with E-state index >= 15 is 0 Å². The molecule has 3 nitrogen and oxygen atoms in total. The van der Waals surface area contributed by atoms with Gasteiger partial charge in [-0.05, 0) is 63.8 Å². The molecule has 0 amide bonds. The van der Waals surface area contributed by atoms with Crippen LogP contribution in [-0.4, -0.2) is 23.0 Å². The van der Waals surface area contributed by atoms with E-state index in [4.69, 9.17) is 8.22 Å². The SMILES string of the molecule is [2H]C([2H])([2H])c1ccc2c(n1)sc1c(-c3cc(C([2H])(C)C)ccn3)[c-]ccc12.[2H]C([2H])(c1cc(-c2[c-]cccc2)ncc1[Si](C)(C)C)C(C)C.[Ir]. The molecule has 4 aromatic heterocycles. The molecule has 0 saturated heterocycles. The van der Waals surface area contributed by atoms with Crippen molar-refractivity contribution < 1.29 is 28.3 Å². The van der Waals surface area contributed by atoms with Crippen molar-refractivity contribution in [2.75, 3.05) is 0 Å². The van der Waals surface area contributed by atoms with Gasteiger partial charge in [0.15, 0.2) is 0 Å². The fourth-order valence-electron chi connectivity index (χ4n) is 4.87. The Morgan fingerprint density at radius 1 is 0.932 bits per heavy atom. The van der Waals surface area contributed by atoms with Crippen LogP contribution in [0.4, 0.5) is 0 Å². The summed E-state index contributed by atoms with van der Waals surface area (Å²) in [7, 11) is -1.67. The summed E-state index contributed by atoms with van der Waals surface area (Å²) in [6.07, 6.45) is 2.24. The zero-order valence-electron chi connectivity index (χ0n) is 32.2. The molecule has 0 unspecified atom stereocenters. The standard InChI is InChI=1S/C20H17N2S.C18H24NSi.Ir/c1-12(2)14-9-10-21-18(11-14)17-6-4-5-15-16-8-7-13(3)22-20(16)23-19(15)17;1-14(2)11-16-12-17(15-9-7-6-8-10-15)19-13-18(16)20(3,4)5;/h4-5,7-12H,1-3H3;6-9,12-14H,11H2,1-5H3;/q2*-1;/i3D3,12D;11D2;. The van der Waals surface area contributed by atoms with Crippen LogP contribution in [0.3, 0.4) is 0 Å². The van der Waals surface area contributed by atoms with Gasteiger partial charge in [-0.3, -0.25) is 0 Å². The number of aryl methyl sites for hydroxylation is 1. The first-order valence-electron chi connectivity index (χ1n) is 17.5. The summed E-state index contributed by atoms with van der Waals surface area (Å²) < 4.78 is 49.1. The first-order valence-corrected chi connectivity index (χ1v) is 18.8. The maximum atomic E-state index is 8.55. The van der Waals surface area contributed by atoms with E-state index in [1.54, 1.807) is 12.3 Å². The number of rotatable bonds is 6. The maximum Gasteiger partial charge on any atom is 0.113 e. The van der Waals surface area contributed by atoms with E-state index in [0.717, 1.165) is 54.3 Å². The summed E-state index contributed by atoms with van der Waals surface area (Å²) in [6, 6.07) is 27.1. The fourth-order valence-corrected chi connectivity index (χ4v) is 7.46. The minimum atomic E-state index is -2.23. The molecule has 0 saturated carbocycles. The second-order valence-electron chi connectivity index (χ2n) is 12.1. The molecule has 6 aromatic rings. The van der Waals surface area contributed by atoms with Crippen LogP contribution in [0.1, 0.15) is 58.6 Å². The summed E-state index contributed by atoms with van der Waals surface area (Å²) in [6.45, 7) is 12.0. The molecule has 0 fully saturated rings. The molecule has 0 atom stereocenters. The predicted molar refractivity (Wildman–Crippen MR) is 188 cm³/mol. The van der Waals surface area contributed by atoms with Crippen molar-refractivity contribution in [1.29, 1.82) is 0 Å². The van der Waals surface area contributed by atoms with Crippen LogP contribution in [0.2, 0.25) is 19.6 Å². The van der Waals surface area contributed by atoms with Gasteiger partial charge in [0.25, 0.3) is 0 Å². The fraction of sp³-hybridized carbons (Fsp3) is 0.289. The zero-order valence-corrected chi connectivity index (χ0v) is 30.4. The van der Waals surface area contributed by atoms with E-state index in [1.807, 2.05) is 94.6 Å². The van der Waals surface area contributed by atoms with Gasteiger partial charge in [0.05, 0.1) is 8.07 Å². The van der Waals surface area contributed by atoms with Crippen LogP contribution in [0.5, 0.6) is 0 Å². The molecule has 6 heteroatoms. The third kappa shape index (κ3) is 7.78. The van der Waals surface area contributed by atoms with Gasteiger partial charge in [-0.25, -0.2) is 4.98 Å². The average molecular weight is 798 g/mol. The van der Waals surface area contributed by atoms with Crippen LogP contribution in [0.15, 0.2) is 79.1 Å². The number of hydrogen-bond acceptors (Lipinski definition) is 4. The molecule has 4 heterocycles. The molecule has 0 bridgehead atoms. The van der Waals surface area contributed by atoms with E-state index in [9.17, 15) is 0 Å². The third-order valence-electron chi connectivity index (χ3n) is 7.03. The Hall–Kier alpha value is -3.02. The van der Waals surface area contributed by atoms with Gasteiger partial charge in [0, 0.05) is 46.4 Å². The number of fused-ring (bicyclic) bond motifs is 3. The second-order valence-corrected chi connectivity index (χ2v) is 18.2. The van der Waals surface area contributed by atoms with E-state index < -0.39 is 27.2 Å². The Kier molecular flexibility index (Phi) is 8.57. The van der Waals surface area contributed by atoms with E-state index in [-0.39, 0.29) is 31.7 Å². The van der Waals surface area contributed by atoms with E-state index in [0.29, 0.717) is 4.83 Å². The van der Waals surface area contributed by atoms with Crippen LogP contribution < -0.4 is 5.19 Å². The smallest absolute Gasteiger partial charge is 0.113 e. The minimum Gasteiger partial charge on any atom is -0.305 e. The Morgan fingerprint density at radius 3 is 2.43 bits per heavy atom. The van der Waals surface area contributed by atoms with Gasteiger partial charge < -0.3 is 9.97 Å². The van der Waals surface area contributed by atoms with Gasteiger partial charge in [0.2, 0.25) is 0 Å². The van der Waals surface area contributed by atoms with Gasteiger partial charge in [-0.15, -0.1) is 59.7 Å². The quantitative estimate of drug-likeness (QED) is 0.125. The molecular formula is C38H41IrN3SSi-2. The van der Waals surface area contributed by atoms with E-state index in [1.165, 1.54) is 11.3 Å². The molecule has 0 spiro atoms. The normalized spacial score (nSPS) is 14.4. The summed E-state index contributed by atoms with van der Waals surface area (Å²) in [5, 5.41) is 3.03. The number of nitrogens with zero attached hydrogens (tertiary/aromatic N) is 3. The maximum absolute atomic E-state index is 8.55. The molecule has 1 radical (unpaired) electrons. The van der Waals surface area contributed by atoms with E-state index in [2.05, 4.69) is 46.7 Å². The van der Waals surface area contributed by atoms with Gasteiger partial charge in [0.1, 0.15) is 4.83 Å². The summed E-state index contributed by atoms with van der Waals surface area (Å²) in [4.78, 5) is 14.1. The van der Waals surface area contributed by atoms with Crippen molar-refractivity contribution >= 4 is 44.9 Å². The minimum absolute atomic E-state index is 0. The number of pyridine rings is 3. The zero-order chi connectivity index (χ0) is 35.9. The largest absolute Gasteiger partial charge is 0.305 e. The Morgan fingerprint density at radius 2 is 1.75 bits per heavy atom. The molecule has 2 aromatic carbocycles. The Balaban J connectivity index is 0.000000225. The average Bonchev–Trinajstić information content (AvgIpc) is 3.42. The predicted octanol–water partition coefficient (Wildman–Crippen LogP) is 10.0. The van der Waals surface area contributed by atoms with Gasteiger partial charge in [-0.2, -0.15) is 11.3 Å². The van der Waals surface area contributed by atoms with Crippen LogP contribution in [0.25, 0.3) is 42.8 Å². The number of aromatic nitrogens is 3. The third-order valence-corrected chi connectivity index (χ3v) is 10.2. The van der Waals surface area contributed by atoms with Crippen LogP contribution in [0, 0.1) is 24.9 Å². The first kappa shape index (κ1) is 26.2. The molecule has 0 aliphatic heterocycles. The summed E-state index contributed by atoms with van der Waals surface area (Å²) in [5.74, 6) is -0.806. The molecule has 0 N–H and O–H groups in total. The molecular weight excluding hydrogens is 751 g/mol. The van der Waals surface area contributed by atoms with Crippen LogP contribution in [-0.2, 0) is 26.5 Å². The number of thiophene rings is 1. The summed E-state index contributed by atoms with van der Waals surface area (Å²) >= 11 is 1.45. The van der Waals surface area contributed by atoms with Gasteiger partial charge >= 0.3 is 0 Å². The van der Waals surface area contributed by atoms with Crippen molar-refractivity contribution in [3.05, 3.63) is 108 Å². The van der Waals surface area contributed by atoms with Crippen molar-refractivity contribution in [1.82, 2.24) is 15.0 Å². The molecule has 0 aliphatic carbocycles. The van der Waals surface area contributed by atoms with Crippen LogP contribution >= 0.6 is 11.3 Å². The number of benzene rings is 2. The van der Waals surface area contributed by atoms with Gasteiger partial charge in [-0.1, -0.05) is 82.0 Å². The van der Waals surface area contributed by atoms with Crippen molar-refractivity contribution in [3.8, 4) is 22.5 Å². The summed E-state index contributed by atoms with van der Waals surface area (Å²) in [5.41, 5.74) is 5.07. The Bertz CT molecular complexity index is 2100. The molecule has 229 valence electrons. The topological polar surface area (TPSA) is 38.7 Å². The number of hydrogen-bond donors (Lipinski definition) is 0.